The minimum atomic E-state index is -4.51. The van der Waals surface area contributed by atoms with Crippen LogP contribution in [0.5, 0.6) is 0 Å². The fourth-order valence-electron chi connectivity index (χ4n) is 1.70. The molecule has 4 nitrogen and oxygen atoms in total. The second-order valence-corrected chi connectivity index (χ2v) is 3.96. The largest absolute Gasteiger partial charge is 0.418 e. The Kier molecular flexibility index (Phi) is 3.05. The van der Waals surface area contributed by atoms with E-state index in [0.29, 0.717) is 0 Å². The fraction of sp³-hybridized carbons (Fsp3) is 0.167. The predicted octanol–water partition coefficient (Wildman–Crippen LogP) is 2.14. The van der Waals surface area contributed by atoms with E-state index in [-0.39, 0.29) is 17.2 Å². The zero-order valence-corrected chi connectivity index (χ0v) is 9.90. The van der Waals surface area contributed by atoms with Gasteiger partial charge in [-0.1, -0.05) is 12.1 Å². The zero-order valence-electron chi connectivity index (χ0n) is 9.90. The molecule has 0 aliphatic rings. The van der Waals surface area contributed by atoms with Crippen LogP contribution in [0, 0.1) is 6.92 Å². The number of hydrogen-bond donors (Lipinski definition) is 1. The van der Waals surface area contributed by atoms with Crippen molar-refractivity contribution in [2.24, 2.45) is 0 Å². The van der Waals surface area contributed by atoms with E-state index in [1.54, 1.807) is 0 Å². The summed E-state index contributed by atoms with van der Waals surface area (Å²) in [6.07, 6.45) is -4.51. The lowest BCUT2D eigenvalue weighted by Gasteiger charge is -2.15. The van der Waals surface area contributed by atoms with Crippen molar-refractivity contribution >= 4 is 5.82 Å². The number of rotatable bonds is 1. The molecule has 2 N–H and O–H groups in total. The smallest absolute Gasteiger partial charge is 0.379 e. The van der Waals surface area contributed by atoms with E-state index in [2.05, 4.69) is 5.10 Å². The third kappa shape index (κ3) is 2.44. The molecule has 0 radical (unpaired) electrons. The van der Waals surface area contributed by atoms with Gasteiger partial charge in [0.2, 0.25) is 5.43 Å². The fourth-order valence-corrected chi connectivity index (χ4v) is 1.70. The summed E-state index contributed by atoms with van der Waals surface area (Å²) >= 11 is 0. The maximum atomic E-state index is 12.9. The molecular weight excluding hydrogens is 259 g/mol. The number of nitrogens with two attached hydrogens (primary N) is 1. The van der Waals surface area contributed by atoms with Crippen molar-refractivity contribution < 1.29 is 13.2 Å². The molecule has 100 valence electrons. The number of halogens is 3. The first-order chi connectivity index (χ1) is 8.80. The van der Waals surface area contributed by atoms with Gasteiger partial charge in [0.1, 0.15) is 0 Å². The van der Waals surface area contributed by atoms with Crippen LogP contribution in [0.15, 0.2) is 35.1 Å². The Bertz CT molecular complexity index is 677. The van der Waals surface area contributed by atoms with Gasteiger partial charge >= 0.3 is 6.18 Å². The molecule has 0 aliphatic carbocycles. The van der Waals surface area contributed by atoms with Crippen molar-refractivity contribution in [1.29, 1.82) is 0 Å². The van der Waals surface area contributed by atoms with Crippen LogP contribution in [0.1, 0.15) is 11.3 Å². The van der Waals surface area contributed by atoms with Gasteiger partial charge in [0, 0.05) is 11.8 Å². The Hall–Kier alpha value is -2.31. The SMILES string of the molecule is Cc1cc(=O)c(N)nn1-c1ccccc1C(F)(F)F. The van der Waals surface area contributed by atoms with E-state index >= 15 is 0 Å². The van der Waals surface area contributed by atoms with Crippen LogP contribution in [0.3, 0.4) is 0 Å². The summed E-state index contributed by atoms with van der Waals surface area (Å²) in [5.41, 5.74) is 4.11. The summed E-state index contributed by atoms with van der Waals surface area (Å²) in [5.74, 6) is -0.345. The molecule has 0 unspecified atom stereocenters. The van der Waals surface area contributed by atoms with Gasteiger partial charge in [-0.15, -0.1) is 5.10 Å². The van der Waals surface area contributed by atoms with Crippen LogP contribution in [-0.4, -0.2) is 9.78 Å². The van der Waals surface area contributed by atoms with Crippen molar-refractivity contribution in [3.05, 3.63) is 51.8 Å². The Morgan fingerprint density at radius 3 is 2.53 bits per heavy atom. The summed E-state index contributed by atoms with van der Waals surface area (Å²) in [6, 6.07) is 6.11. The van der Waals surface area contributed by atoms with Crippen LogP contribution in [0.4, 0.5) is 19.0 Å². The molecule has 1 heterocycles. The molecule has 0 saturated heterocycles. The first kappa shape index (κ1) is 13.1. The normalized spacial score (nSPS) is 11.6. The van der Waals surface area contributed by atoms with Gasteiger partial charge in [0.25, 0.3) is 0 Å². The highest BCUT2D eigenvalue weighted by molar-refractivity contribution is 5.44. The van der Waals surface area contributed by atoms with Crippen molar-refractivity contribution in [3.63, 3.8) is 0 Å². The number of aromatic nitrogens is 2. The van der Waals surface area contributed by atoms with Gasteiger partial charge < -0.3 is 5.73 Å². The minimum Gasteiger partial charge on any atom is -0.379 e. The third-order valence-electron chi connectivity index (χ3n) is 2.57. The molecule has 1 aromatic carbocycles. The summed E-state index contributed by atoms with van der Waals surface area (Å²) < 4.78 is 39.7. The standard InChI is InChI=1S/C12H10F3N3O/c1-7-6-10(19)11(16)17-18(7)9-5-3-2-4-8(9)12(13,14)15/h2-6H,1H3,(H2,16,17). The van der Waals surface area contributed by atoms with Crippen LogP contribution in [-0.2, 0) is 6.18 Å². The number of alkyl halides is 3. The summed E-state index contributed by atoms with van der Waals surface area (Å²) in [7, 11) is 0. The molecule has 19 heavy (non-hydrogen) atoms. The summed E-state index contributed by atoms with van der Waals surface area (Å²) in [4.78, 5) is 11.3. The predicted molar refractivity (Wildman–Crippen MR) is 64.0 cm³/mol. The van der Waals surface area contributed by atoms with Crippen LogP contribution in [0.25, 0.3) is 5.69 Å². The van der Waals surface area contributed by atoms with E-state index in [4.69, 9.17) is 5.73 Å². The van der Waals surface area contributed by atoms with Gasteiger partial charge in [-0.3, -0.25) is 4.79 Å². The van der Waals surface area contributed by atoms with E-state index in [0.717, 1.165) is 16.8 Å². The highest BCUT2D eigenvalue weighted by atomic mass is 19.4. The van der Waals surface area contributed by atoms with E-state index in [9.17, 15) is 18.0 Å². The van der Waals surface area contributed by atoms with Crippen molar-refractivity contribution in [2.45, 2.75) is 13.1 Å². The Morgan fingerprint density at radius 1 is 1.26 bits per heavy atom. The number of nitrogens with zero attached hydrogens (tertiary/aromatic N) is 2. The quantitative estimate of drug-likeness (QED) is 0.862. The Balaban J connectivity index is 2.73. The molecule has 7 heteroatoms. The Morgan fingerprint density at radius 2 is 1.89 bits per heavy atom. The van der Waals surface area contributed by atoms with Crippen LogP contribution in [0.2, 0.25) is 0 Å². The lowest BCUT2D eigenvalue weighted by Crippen LogP contribution is -2.20. The number of anilines is 1. The van der Waals surface area contributed by atoms with E-state index in [1.807, 2.05) is 0 Å². The first-order valence-corrected chi connectivity index (χ1v) is 5.34. The molecule has 2 rings (SSSR count). The molecule has 0 aliphatic heterocycles. The molecule has 0 spiro atoms. The third-order valence-corrected chi connectivity index (χ3v) is 2.57. The number of para-hydroxylation sites is 1. The molecule has 0 saturated carbocycles. The maximum Gasteiger partial charge on any atom is 0.418 e. The number of benzene rings is 1. The minimum absolute atomic E-state index is 0.167. The number of aryl methyl sites for hydroxylation is 1. The first-order valence-electron chi connectivity index (χ1n) is 5.34. The average Bonchev–Trinajstić information content (AvgIpc) is 2.33. The van der Waals surface area contributed by atoms with Gasteiger partial charge in [-0.05, 0) is 19.1 Å². The van der Waals surface area contributed by atoms with Gasteiger partial charge in [0.05, 0.1) is 11.3 Å². The molecule has 1 aromatic heterocycles. The topological polar surface area (TPSA) is 60.9 Å². The summed E-state index contributed by atoms with van der Waals surface area (Å²) in [5, 5.41) is 3.70. The second kappa shape index (κ2) is 4.42. The molecule has 0 amide bonds. The zero-order chi connectivity index (χ0) is 14.2. The van der Waals surface area contributed by atoms with Gasteiger partial charge in [0.15, 0.2) is 5.82 Å². The number of hydrogen-bond acceptors (Lipinski definition) is 3. The van der Waals surface area contributed by atoms with Crippen molar-refractivity contribution in [2.75, 3.05) is 5.73 Å². The Labute approximate surface area is 106 Å². The monoisotopic (exact) mass is 269 g/mol. The average molecular weight is 269 g/mol. The maximum absolute atomic E-state index is 12.9. The summed E-state index contributed by atoms with van der Waals surface area (Å²) in [6.45, 7) is 1.49. The number of nitrogen functional groups attached to an aromatic ring is 1. The van der Waals surface area contributed by atoms with Gasteiger partial charge in [-0.2, -0.15) is 13.2 Å². The van der Waals surface area contributed by atoms with Crippen molar-refractivity contribution in [3.8, 4) is 5.69 Å². The molecule has 0 atom stereocenters. The molecule has 2 aromatic rings. The second-order valence-electron chi connectivity index (χ2n) is 3.96. The lowest BCUT2D eigenvalue weighted by atomic mass is 10.1. The molecular formula is C12H10F3N3O. The van der Waals surface area contributed by atoms with Crippen LogP contribution < -0.4 is 11.2 Å². The van der Waals surface area contributed by atoms with E-state index in [1.165, 1.54) is 25.1 Å². The highest BCUT2D eigenvalue weighted by Gasteiger charge is 2.34. The van der Waals surface area contributed by atoms with Crippen molar-refractivity contribution in [1.82, 2.24) is 9.78 Å². The molecule has 0 fully saturated rings. The van der Waals surface area contributed by atoms with Crippen LogP contribution >= 0.6 is 0 Å². The lowest BCUT2D eigenvalue weighted by molar-refractivity contribution is -0.137. The molecule has 0 bridgehead atoms. The van der Waals surface area contributed by atoms with E-state index < -0.39 is 17.2 Å². The highest BCUT2D eigenvalue weighted by Crippen LogP contribution is 2.33. The van der Waals surface area contributed by atoms with Gasteiger partial charge in [-0.25, -0.2) is 4.68 Å².